The highest BCUT2D eigenvalue weighted by Gasteiger charge is 2.27. The van der Waals surface area contributed by atoms with E-state index in [1.807, 2.05) is 30.0 Å². The van der Waals surface area contributed by atoms with Crippen LogP contribution in [0.5, 0.6) is 0 Å². The Balaban J connectivity index is 1.80. The lowest BCUT2D eigenvalue weighted by atomic mass is 10.0. The molecule has 1 aliphatic rings. The number of rotatable bonds is 4. The largest absolute Gasteiger partial charge is 0.465 e. The molecule has 1 atom stereocenters. The highest BCUT2D eigenvalue weighted by atomic mass is 16.5. The highest BCUT2D eigenvalue weighted by molar-refractivity contribution is 6.07. The third kappa shape index (κ3) is 4.21. The second-order valence-electron chi connectivity index (χ2n) is 7.91. The van der Waals surface area contributed by atoms with Crippen LogP contribution in [0.3, 0.4) is 0 Å². The van der Waals surface area contributed by atoms with Gasteiger partial charge in [-0.05, 0) is 63.4 Å². The van der Waals surface area contributed by atoms with E-state index in [1.54, 1.807) is 24.4 Å². The number of carbonyl (C=O) groups excluding carboxylic acids is 2. The molecule has 3 aromatic rings. The van der Waals surface area contributed by atoms with Crippen LogP contribution in [-0.2, 0) is 4.74 Å². The predicted octanol–water partition coefficient (Wildman–Crippen LogP) is 4.48. The number of fused-ring (bicyclic) bond motifs is 1. The van der Waals surface area contributed by atoms with Crippen molar-refractivity contribution in [3.63, 3.8) is 0 Å². The van der Waals surface area contributed by atoms with Crippen LogP contribution in [0.2, 0.25) is 0 Å². The molecule has 1 saturated heterocycles. The molecule has 1 unspecified atom stereocenters. The third-order valence-electron chi connectivity index (χ3n) is 5.72. The van der Waals surface area contributed by atoms with Crippen molar-refractivity contribution in [3.8, 4) is 0 Å². The Morgan fingerprint density at radius 1 is 1.19 bits per heavy atom. The maximum atomic E-state index is 13.5. The molecule has 7 nitrogen and oxygen atoms in total. The molecular formula is C24H26N4O3. The zero-order chi connectivity index (χ0) is 22.0. The van der Waals surface area contributed by atoms with Gasteiger partial charge in [0.05, 0.1) is 23.9 Å². The van der Waals surface area contributed by atoms with Gasteiger partial charge >= 0.3 is 5.97 Å². The number of likely N-dealkylation sites (tertiary alicyclic amines) is 1. The standard InChI is InChI=1S/C24H26N4O3/c1-15-10-11-19-21(27-18-9-6-8-17(13-18)24(30)31-3)20(14-25-22(19)26-15)23(29)28-12-5-4-7-16(28)2/h6,8-11,13-14,16H,4-5,7,12H2,1-3H3,(H,25,26,27). The van der Waals surface area contributed by atoms with E-state index < -0.39 is 5.97 Å². The van der Waals surface area contributed by atoms with Crippen molar-refractivity contribution in [2.24, 2.45) is 0 Å². The molecule has 1 aromatic carbocycles. The Morgan fingerprint density at radius 3 is 2.81 bits per heavy atom. The zero-order valence-corrected chi connectivity index (χ0v) is 18.0. The number of aromatic nitrogens is 2. The molecule has 0 aliphatic carbocycles. The van der Waals surface area contributed by atoms with Crippen LogP contribution in [0.4, 0.5) is 11.4 Å². The minimum atomic E-state index is -0.418. The van der Waals surface area contributed by atoms with Gasteiger partial charge < -0.3 is 15.0 Å². The monoisotopic (exact) mass is 418 g/mol. The fraction of sp³-hybridized carbons (Fsp3) is 0.333. The van der Waals surface area contributed by atoms with E-state index >= 15 is 0 Å². The van der Waals surface area contributed by atoms with Gasteiger partial charge in [-0.1, -0.05) is 6.07 Å². The molecular weight excluding hydrogens is 392 g/mol. The quantitative estimate of drug-likeness (QED) is 0.629. The molecule has 4 rings (SSSR count). The van der Waals surface area contributed by atoms with Gasteiger partial charge in [-0.2, -0.15) is 0 Å². The third-order valence-corrected chi connectivity index (χ3v) is 5.72. The van der Waals surface area contributed by atoms with Crippen molar-refractivity contribution in [1.82, 2.24) is 14.9 Å². The normalized spacial score (nSPS) is 16.2. The number of aryl methyl sites for hydroxylation is 1. The first-order chi connectivity index (χ1) is 15.0. The molecule has 0 bridgehead atoms. The molecule has 160 valence electrons. The molecule has 3 heterocycles. The minimum absolute atomic E-state index is 0.0474. The summed E-state index contributed by atoms with van der Waals surface area (Å²) < 4.78 is 4.83. The summed E-state index contributed by atoms with van der Waals surface area (Å²) in [4.78, 5) is 36.4. The van der Waals surface area contributed by atoms with Gasteiger partial charge in [-0.15, -0.1) is 0 Å². The number of nitrogens with zero attached hydrogens (tertiary/aromatic N) is 3. The van der Waals surface area contributed by atoms with Crippen LogP contribution in [0.1, 0.15) is 52.6 Å². The molecule has 31 heavy (non-hydrogen) atoms. The minimum Gasteiger partial charge on any atom is -0.465 e. The van der Waals surface area contributed by atoms with Gasteiger partial charge in [0.15, 0.2) is 5.65 Å². The van der Waals surface area contributed by atoms with Crippen molar-refractivity contribution >= 4 is 34.3 Å². The number of nitrogens with one attached hydrogen (secondary N) is 1. The lowest BCUT2D eigenvalue weighted by molar-refractivity contribution is 0.0599. The topological polar surface area (TPSA) is 84.4 Å². The van der Waals surface area contributed by atoms with E-state index in [2.05, 4.69) is 22.2 Å². The summed E-state index contributed by atoms with van der Waals surface area (Å²) in [7, 11) is 1.35. The Hall–Kier alpha value is -3.48. The molecule has 1 fully saturated rings. The summed E-state index contributed by atoms with van der Waals surface area (Å²) in [5, 5.41) is 4.11. The van der Waals surface area contributed by atoms with Crippen LogP contribution >= 0.6 is 0 Å². The van der Waals surface area contributed by atoms with Crippen LogP contribution in [-0.4, -0.2) is 46.4 Å². The Kier molecular flexibility index (Phi) is 5.84. The summed E-state index contributed by atoms with van der Waals surface area (Å²) in [6.45, 7) is 4.73. The van der Waals surface area contributed by atoms with E-state index in [4.69, 9.17) is 4.74 Å². The Bertz CT molecular complexity index is 1140. The van der Waals surface area contributed by atoms with E-state index in [1.165, 1.54) is 7.11 Å². The average molecular weight is 418 g/mol. The zero-order valence-electron chi connectivity index (χ0n) is 18.0. The predicted molar refractivity (Wildman–Crippen MR) is 120 cm³/mol. The summed E-state index contributed by atoms with van der Waals surface area (Å²) in [5.74, 6) is -0.465. The van der Waals surface area contributed by atoms with Crippen LogP contribution in [0, 0.1) is 6.92 Å². The maximum Gasteiger partial charge on any atom is 0.337 e. The van der Waals surface area contributed by atoms with Gasteiger partial charge in [-0.25, -0.2) is 14.8 Å². The van der Waals surface area contributed by atoms with E-state index in [0.29, 0.717) is 28.1 Å². The Labute approximate surface area is 181 Å². The average Bonchev–Trinajstić information content (AvgIpc) is 2.78. The number of benzene rings is 1. The summed E-state index contributed by atoms with van der Waals surface area (Å²) in [6.07, 6.45) is 4.74. The van der Waals surface area contributed by atoms with Gasteiger partial charge in [0.25, 0.3) is 5.91 Å². The molecule has 1 amide bonds. The van der Waals surface area contributed by atoms with Gasteiger partial charge in [0, 0.05) is 35.6 Å². The van der Waals surface area contributed by atoms with Crippen LogP contribution in [0.15, 0.2) is 42.6 Å². The second kappa shape index (κ2) is 8.71. The van der Waals surface area contributed by atoms with Gasteiger partial charge in [0.2, 0.25) is 0 Å². The fourth-order valence-electron chi connectivity index (χ4n) is 4.01. The number of methoxy groups -OCH3 is 1. The van der Waals surface area contributed by atoms with Crippen molar-refractivity contribution in [2.45, 2.75) is 39.2 Å². The van der Waals surface area contributed by atoms with E-state index in [-0.39, 0.29) is 11.9 Å². The maximum absolute atomic E-state index is 13.5. The number of ether oxygens (including phenoxy) is 1. The first-order valence-electron chi connectivity index (χ1n) is 10.5. The van der Waals surface area contributed by atoms with Crippen molar-refractivity contribution in [2.75, 3.05) is 19.0 Å². The van der Waals surface area contributed by atoms with Crippen molar-refractivity contribution in [3.05, 3.63) is 59.4 Å². The number of hydrogen-bond acceptors (Lipinski definition) is 6. The number of esters is 1. The lowest BCUT2D eigenvalue weighted by Gasteiger charge is -2.34. The molecule has 0 spiro atoms. The van der Waals surface area contributed by atoms with Crippen LogP contribution < -0.4 is 5.32 Å². The fourth-order valence-corrected chi connectivity index (χ4v) is 4.01. The molecule has 2 aromatic heterocycles. The second-order valence-corrected chi connectivity index (χ2v) is 7.91. The summed E-state index contributed by atoms with van der Waals surface area (Å²) >= 11 is 0. The first kappa shape index (κ1) is 20.8. The Morgan fingerprint density at radius 2 is 2.03 bits per heavy atom. The lowest BCUT2D eigenvalue weighted by Crippen LogP contribution is -2.42. The summed E-state index contributed by atoms with van der Waals surface area (Å²) in [6, 6.07) is 11.0. The molecule has 7 heteroatoms. The van der Waals surface area contributed by atoms with Gasteiger partial charge in [0.1, 0.15) is 0 Å². The van der Waals surface area contributed by atoms with Crippen molar-refractivity contribution < 1.29 is 14.3 Å². The first-order valence-corrected chi connectivity index (χ1v) is 10.5. The number of hydrogen-bond donors (Lipinski definition) is 1. The molecule has 1 N–H and O–H groups in total. The summed E-state index contributed by atoms with van der Waals surface area (Å²) in [5.41, 5.74) is 3.66. The highest BCUT2D eigenvalue weighted by Crippen LogP contribution is 2.31. The number of carbonyl (C=O) groups is 2. The van der Waals surface area contributed by atoms with E-state index in [9.17, 15) is 9.59 Å². The van der Waals surface area contributed by atoms with Crippen LogP contribution in [0.25, 0.3) is 11.0 Å². The SMILES string of the molecule is COC(=O)c1cccc(Nc2c(C(=O)N3CCCCC3C)cnc3nc(C)ccc23)c1. The number of pyridine rings is 2. The molecule has 1 aliphatic heterocycles. The number of piperidine rings is 1. The molecule has 0 radical (unpaired) electrons. The van der Waals surface area contributed by atoms with Crippen molar-refractivity contribution in [1.29, 1.82) is 0 Å². The number of amides is 1. The van der Waals surface area contributed by atoms with Gasteiger partial charge in [-0.3, -0.25) is 4.79 Å². The van der Waals surface area contributed by atoms with E-state index in [0.717, 1.165) is 36.9 Å². The smallest absolute Gasteiger partial charge is 0.337 e. The molecule has 0 saturated carbocycles. The number of anilines is 2.